The van der Waals surface area contributed by atoms with Crippen molar-refractivity contribution in [1.29, 1.82) is 0 Å². The SMILES string of the molecule is O=[N+]([O-])c1cc([C@H]2CCCCN2)cs1. The molecule has 0 amide bonds. The molecule has 1 aliphatic rings. The van der Waals surface area contributed by atoms with Gasteiger partial charge in [0.2, 0.25) is 0 Å². The van der Waals surface area contributed by atoms with Crippen molar-refractivity contribution in [3.63, 3.8) is 0 Å². The molecule has 14 heavy (non-hydrogen) atoms. The summed E-state index contributed by atoms with van der Waals surface area (Å²) in [5, 5.41) is 16.0. The van der Waals surface area contributed by atoms with Crippen LogP contribution >= 0.6 is 11.3 Å². The van der Waals surface area contributed by atoms with Gasteiger partial charge in [0.05, 0.1) is 4.92 Å². The van der Waals surface area contributed by atoms with Gasteiger partial charge in [0.1, 0.15) is 0 Å². The lowest BCUT2D eigenvalue weighted by atomic mass is 10.00. The van der Waals surface area contributed by atoms with Gasteiger partial charge in [-0.1, -0.05) is 17.8 Å². The van der Waals surface area contributed by atoms with E-state index in [9.17, 15) is 10.1 Å². The molecule has 2 heterocycles. The molecule has 1 aliphatic heterocycles. The van der Waals surface area contributed by atoms with Gasteiger partial charge in [-0.25, -0.2) is 0 Å². The molecule has 0 saturated carbocycles. The normalized spacial score (nSPS) is 22.1. The topological polar surface area (TPSA) is 55.2 Å². The van der Waals surface area contributed by atoms with E-state index in [1.807, 2.05) is 5.38 Å². The molecule has 0 aliphatic carbocycles. The highest BCUT2D eigenvalue weighted by Gasteiger charge is 2.18. The number of hydrogen-bond donors (Lipinski definition) is 1. The number of nitrogens with one attached hydrogen (secondary N) is 1. The highest BCUT2D eigenvalue weighted by Crippen LogP contribution is 2.30. The fourth-order valence-corrected chi connectivity index (χ4v) is 2.53. The first-order chi connectivity index (χ1) is 6.77. The van der Waals surface area contributed by atoms with E-state index < -0.39 is 0 Å². The van der Waals surface area contributed by atoms with Crippen molar-refractivity contribution in [3.05, 3.63) is 27.1 Å². The molecule has 1 fully saturated rings. The average Bonchev–Trinajstić information content (AvgIpc) is 2.68. The van der Waals surface area contributed by atoms with Crippen molar-refractivity contribution in [2.45, 2.75) is 25.3 Å². The van der Waals surface area contributed by atoms with E-state index in [1.54, 1.807) is 6.07 Å². The molecule has 1 aromatic rings. The van der Waals surface area contributed by atoms with E-state index in [1.165, 1.54) is 24.2 Å². The maximum absolute atomic E-state index is 10.5. The van der Waals surface area contributed by atoms with E-state index in [0.717, 1.165) is 18.5 Å². The van der Waals surface area contributed by atoms with Crippen molar-refractivity contribution in [1.82, 2.24) is 5.32 Å². The van der Waals surface area contributed by atoms with Crippen LogP contribution in [0.4, 0.5) is 5.00 Å². The zero-order valence-corrected chi connectivity index (χ0v) is 8.55. The Morgan fingerprint density at radius 2 is 2.43 bits per heavy atom. The van der Waals surface area contributed by atoms with Crippen molar-refractivity contribution < 1.29 is 4.92 Å². The van der Waals surface area contributed by atoms with Crippen LogP contribution in [0.2, 0.25) is 0 Å². The molecule has 1 N–H and O–H groups in total. The summed E-state index contributed by atoms with van der Waals surface area (Å²) in [5.74, 6) is 0. The molecule has 1 saturated heterocycles. The molecule has 76 valence electrons. The second-order valence-electron chi connectivity index (χ2n) is 3.48. The van der Waals surface area contributed by atoms with Crippen molar-refractivity contribution in [3.8, 4) is 0 Å². The highest BCUT2D eigenvalue weighted by atomic mass is 32.1. The third-order valence-corrected chi connectivity index (χ3v) is 3.40. The molecule has 0 radical (unpaired) electrons. The molecule has 5 heteroatoms. The lowest BCUT2D eigenvalue weighted by Gasteiger charge is -2.22. The Balaban J connectivity index is 2.11. The van der Waals surface area contributed by atoms with Gasteiger partial charge < -0.3 is 5.32 Å². The van der Waals surface area contributed by atoms with Gasteiger partial charge in [0.15, 0.2) is 0 Å². The summed E-state index contributed by atoms with van der Waals surface area (Å²) < 4.78 is 0. The number of thiophene rings is 1. The van der Waals surface area contributed by atoms with Crippen LogP contribution in [0.1, 0.15) is 30.9 Å². The summed E-state index contributed by atoms with van der Waals surface area (Å²) in [6.07, 6.45) is 3.51. The monoisotopic (exact) mass is 212 g/mol. The third kappa shape index (κ3) is 1.93. The lowest BCUT2D eigenvalue weighted by Crippen LogP contribution is -2.26. The van der Waals surface area contributed by atoms with Crippen molar-refractivity contribution in [2.24, 2.45) is 0 Å². The molecule has 4 nitrogen and oxygen atoms in total. The van der Waals surface area contributed by atoms with Crippen LogP contribution < -0.4 is 5.32 Å². The van der Waals surface area contributed by atoms with E-state index in [0.29, 0.717) is 6.04 Å². The molecule has 0 unspecified atom stereocenters. The predicted molar refractivity (Wildman–Crippen MR) is 55.6 cm³/mol. The second kappa shape index (κ2) is 4.06. The average molecular weight is 212 g/mol. The van der Waals surface area contributed by atoms with Gasteiger partial charge >= 0.3 is 5.00 Å². The van der Waals surface area contributed by atoms with Gasteiger partial charge in [-0.15, -0.1) is 0 Å². The first kappa shape index (κ1) is 9.61. The first-order valence-corrected chi connectivity index (χ1v) is 5.61. The largest absolute Gasteiger partial charge is 0.324 e. The van der Waals surface area contributed by atoms with Crippen LogP contribution in [0.5, 0.6) is 0 Å². The molecule has 1 aromatic heterocycles. The van der Waals surface area contributed by atoms with Crippen LogP contribution in [0.3, 0.4) is 0 Å². The Bertz CT molecular complexity index is 331. The van der Waals surface area contributed by atoms with Crippen LogP contribution in [0, 0.1) is 10.1 Å². The summed E-state index contributed by atoms with van der Waals surface area (Å²) >= 11 is 1.21. The standard InChI is InChI=1S/C9H12N2O2S/c12-11(13)9-5-7(6-14-9)8-3-1-2-4-10-8/h5-6,8,10H,1-4H2/t8-/m1/s1. The minimum atomic E-state index is -0.322. The number of rotatable bonds is 2. The molecule has 0 spiro atoms. The van der Waals surface area contributed by atoms with E-state index >= 15 is 0 Å². The summed E-state index contributed by atoms with van der Waals surface area (Å²) in [4.78, 5) is 10.2. The summed E-state index contributed by atoms with van der Waals surface area (Å²) in [5.41, 5.74) is 1.07. The minimum absolute atomic E-state index is 0.243. The second-order valence-corrected chi connectivity index (χ2v) is 4.37. The van der Waals surface area contributed by atoms with Crippen LogP contribution in [-0.2, 0) is 0 Å². The minimum Gasteiger partial charge on any atom is -0.310 e. The Morgan fingerprint density at radius 3 is 3.00 bits per heavy atom. The smallest absolute Gasteiger partial charge is 0.310 e. The number of hydrogen-bond acceptors (Lipinski definition) is 4. The number of nitro groups is 1. The fourth-order valence-electron chi connectivity index (χ4n) is 1.75. The van der Waals surface area contributed by atoms with Crippen LogP contribution in [-0.4, -0.2) is 11.5 Å². The molecule has 2 rings (SSSR count). The molecule has 0 aromatic carbocycles. The molecule has 0 bridgehead atoms. The van der Waals surface area contributed by atoms with Crippen LogP contribution in [0.15, 0.2) is 11.4 Å². The van der Waals surface area contributed by atoms with Gasteiger partial charge in [-0.2, -0.15) is 0 Å². The van der Waals surface area contributed by atoms with Gasteiger partial charge in [-0.3, -0.25) is 10.1 Å². The maximum Gasteiger partial charge on any atom is 0.324 e. The zero-order chi connectivity index (χ0) is 9.97. The maximum atomic E-state index is 10.5. The summed E-state index contributed by atoms with van der Waals surface area (Å²) in [6.45, 7) is 1.02. The van der Waals surface area contributed by atoms with Crippen molar-refractivity contribution >= 4 is 16.3 Å². The first-order valence-electron chi connectivity index (χ1n) is 4.73. The van der Waals surface area contributed by atoms with Crippen LogP contribution in [0.25, 0.3) is 0 Å². The van der Waals surface area contributed by atoms with E-state index in [2.05, 4.69) is 5.32 Å². The quantitative estimate of drug-likeness (QED) is 0.605. The molecular weight excluding hydrogens is 200 g/mol. The third-order valence-electron chi connectivity index (χ3n) is 2.50. The number of piperidine rings is 1. The Kier molecular flexibility index (Phi) is 2.79. The van der Waals surface area contributed by atoms with Gasteiger partial charge in [0, 0.05) is 17.5 Å². The molecular formula is C9H12N2O2S. The predicted octanol–water partition coefficient (Wildman–Crippen LogP) is 2.47. The highest BCUT2D eigenvalue weighted by molar-refractivity contribution is 7.13. The van der Waals surface area contributed by atoms with Crippen molar-refractivity contribution in [2.75, 3.05) is 6.54 Å². The Labute approximate surface area is 86.1 Å². The molecule has 1 atom stereocenters. The number of nitrogens with zero attached hydrogens (tertiary/aromatic N) is 1. The summed E-state index contributed by atoms with van der Waals surface area (Å²) in [7, 11) is 0. The lowest BCUT2D eigenvalue weighted by molar-refractivity contribution is -0.380. The van der Waals surface area contributed by atoms with Gasteiger partial charge in [0.25, 0.3) is 0 Å². The van der Waals surface area contributed by atoms with E-state index in [-0.39, 0.29) is 9.92 Å². The Morgan fingerprint density at radius 1 is 1.57 bits per heavy atom. The zero-order valence-electron chi connectivity index (χ0n) is 7.73. The Hall–Kier alpha value is -0.940. The summed E-state index contributed by atoms with van der Waals surface area (Å²) in [6, 6.07) is 2.02. The fraction of sp³-hybridized carbons (Fsp3) is 0.556. The van der Waals surface area contributed by atoms with E-state index in [4.69, 9.17) is 0 Å². The van der Waals surface area contributed by atoms with Gasteiger partial charge in [-0.05, 0) is 24.9 Å².